The molecule has 2 aromatic rings. The van der Waals surface area contributed by atoms with Crippen molar-refractivity contribution in [2.75, 3.05) is 19.9 Å². The summed E-state index contributed by atoms with van der Waals surface area (Å²) in [5, 5.41) is 4.84. The van der Waals surface area contributed by atoms with Crippen molar-refractivity contribution in [2.45, 2.75) is 19.4 Å². The molecule has 2 aliphatic heterocycles. The third-order valence-electron chi connectivity index (χ3n) is 5.06. The van der Waals surface area contributed by atoms with Gasteiger partial charge in [-0.25, -0.2) is 5.43 Å². The summed E-state index contributed by atoms with van der Waals surface area (Å²) in [6.45, 7) is 2.91. The number of hydrazone groups is 1. The van der Waals surface area contributed by atoms with E-state index in [1.165, 1.54) is 5.56 Å². The van der Waals surface area contributed by atoms with E-state index in [0.717, 1.165) is 48.8 Å². The number of nitrogens with one attached hydrogen (secondary N) is 1. The highest BCUT2D eigenvalue weighted by atomic mass is 35.5. The van der Waals surface area contributed by atoms with E-state index in [2.05, 4.69) is 15.4 Å². The Kier molecular flexibility index (Phi) is 5.78. The molecule has 1 saturated heterocycles. The van der Waals surface area contributed by atoms with E-state index in [9.17, 15) is 4.79 Å². The Bertz CT molecular complexity index is 862. The van der Waals surface area contributed by atoms with Crippen molar-refractivity contribution in [1.82, 2.24) is 10.3 Å². The molecule has 0 saturated carbocycles. The number of fused-ring (bicyclic) bond motifs is 1. The zero-order valence-corrected chi connectivity index (χ0v) is 16.2. The third-order valence-corrected chi connectivity index (χ3v) is 5.31. The summed E-state index contributed by atoms with van der Waals surface area (Å²) in [4.78, 5) is 14.7. The van der Waals surface area contributed by atoms with Crippen molar-refractivity contribution >= 4 is 23.7 Å². The van der Waals surface area contributed by atoms with Gasteiger partial charge in [0.2, 0.25) is 12.7 Å². The molecule has 4 rings (SSSR count). The average Bonchev–Trinajstić information content (AvgIpc) is 3.18. The molecular weight excluding hydrogens is 378 g/mol. The van der Waals surface area contributed by atoms with Crippen LogP contribution in [0.25, 0.3) is 0 Å². The van der Waals surface area contributed by atoms with E-state index in [1.807, 2.05) is 42.5 Å². The molecule has 7 heteroatoms. The van der Waals surface area contributed by atoms with E-state index >= 15 is 0 Å². The monoisotopic (exact) mass is 399 g/mol. The summed E-state index contributed by atoms with van der Waals surface area (Å²) in [5.74, 6) is 1.40. The van der Waals surface area contributed by atoms with Gasteiger partial charge in [-0.2, -0.15) is 5.10 Å². The molecule has 0 radical (unpaired) electrons. The number of benzene rings is 2. The van der Waals surface area contributed by atoms with E-state index in [0.29, 0.717) is 5.75 Å². The number of rotatable bonds is 5. The smallest absolute Gasteiger partial charge is 0.243 e. The molecule has 2 heterocycles. The van der Waals surface area contributed by atoms with Gasteiger partial charge in [0, 0.05) is 17.5 Å². The average molecular weight is 400 g/mol. The highest BCUT2D eigenvalue weighted by Crippen LogP contribution is 2.32. The van der Waals surface area contributed by atoms with Crippen LogP contribution in [0.3, 0.4) is 0 Å². The second-order valence-corrected chi connectivity index (χ2v) is 7.46. The number of nitrogens with zero attached hydrogens (tertiary/aromatic N) is 2. The summed E-state index contributed by atoms with van der Waals surface area (Å²) in [6.07, 6.45) is 3.29. The van der Waals surface area contributed by atoms with Crippen molar-refractivity contribution in [3.8, 4) is 11.5 Å². The molecule has 0 bridgehead atoms. The Morgan fingerprint density at radius 3 is 2.68 bits per heavy atom. The van der Waals surface area contributed by atoms with Crippen LogP contribution in [0.5, 0.6) is 11.5 Å². The van der Waals surface area contributed by atoms with Crippen molar-refractivity contribution < 1.29 is 14.3 Å². The van der Waals surface area contributed by atoms with Crippen molar-refractivity contribution in [1.29, 1.82) is 0 Å². The molecule has 28 heavy (non-hydrogen) atoms. The van der Waals surface area contributed by atoms with E-state index in [1.54, 1.807) is 6.21 Å². The molecule has 0 aliphatic carbocycles. The minimum absolute atomic E-state index is 0.00429. The number of amides is 1. The number of piperidine rings is 1. The van der Waals surface area contributed by atoms with Crippen LogP contribution in [0.4, 0.5) is 0 Å². The Morgan fingerprint density at radius 1 is 1.14 bits per heavy atom. The van der Waals surface area contributed by atoms with Gasteiger partial charge in [0.05, 0.1) is 6.21 Å². The van der Waals surface area contributed by atoms with Gasteiger partial charge in [0.15, 0.2) is 11.5 Å². The van der Waals surface area contributed by atoms with Crippen LogP contribution < -0.4 is 14.9 Å². The fraction of sp³-hybridized carbons (Fsp3) is 0.333. The Labute approximate surface area is 169 Å². The lowest BCUT2D eigenvalue weighted by molar-refractivity contribution is -0.126. The Hall–Kier alpha value is -2.57. The number of hydrogen-bond acceptors (Lipinski definition) is 5. The summed E-state index contributed by atoms with van der Waals surface area (Å²) in [6, 6.07) is 13.5. The highest BCUT2D eigenvalue weighted by molar-refractivity contribution is 6.30. The van der Waals surface area contributed by atoms with Gasteiger partial charge in [0.1, 0.15) is 0 Å². The minimum atomic E-state index is -0.0249. The maximum atomic E-state index is 12.4. The summed E-state index contributed by atoms with van der Waals surface area (Å²) in [7, 11) is 0. The maximum absolute atomic E-state index is 12.4. The van der Waals surface area contributed by atoms with Gasteiger partial charge >= 0.3 is 0 Å². The first-order chi connectivity index (χ1) is 13.7. The first kappa shape index (κ1) is 18.8. The zero-order valence-electron chi connectivity index (χ0n) is 15.4. The summed E-state index contributed by atoms with van der Waals surface area (Å²) in [5.41, 5.74) is 4.75. The maximum Gasteiger partial charge on any atom is 0.243 e. The fourth-order valence-electron chi connectivity index (χ4n) is 3.46. The topological polar surface area (TPSA) is 63.2 Å². The van der Waals surface area contributed by atoms with Crippen LogP contribution in [0.2, 0.25) is 5.02 Å². The second kappa shape index (κ2) is 8.63. The lowest BCUT2D eigenvalue weighted by atomic mass is 9.96. The first-order valence-electron chi connectivity index (χ1n) is 9.37. The molecule has 2 aromatic carbocycles. The number of hydrogen-bond donors (Lipinski definition) is 1. The zero-order chi connectivity index (χ0) is 19.3. The molecule has 0 spiro atoms. The molecule has 0 unspecified atom stereocenters. The number of carbonyl (C=O) groups excluding carboxylic acids is 1. The third kappa shape index (κ3) is 4.64. The second-order valence-electron chi connectivity index (χ2n) is 7.02. The predicted octanol–water partition coefficient (Wildman–Crippen LogP) is 3.43. The minimum Gasteiger partial charge on any atom is -0.454 e. The van der Waals surface area contributed by atoms with Gasteiger partial charge in [0.25, 0.3) is 0 Å². The van der Waals surface area contributed by atoms with Crippen LogP contribution in [0.1, 0.15) is 24.0 Å². The van der Waals surface area contributed by atoms with Crippen LogP contribution in [0.15, 0.2) is 47.6 Å². The van der Waals surface area contributed by atoms with Gasteiger partial charge in [-0.1, -0.05) is 23.7 Å². The van der Waals surface area contributed by atoms with Gasteiger partial charge in [-0.05, 0) is 67.4 Å². The lowest BCUT2D eigenvalue weighted by Gasteiger charge is -2.30. The number of ether oxygens (including phenoxy) is 2. The molecule has 0 atom stereocenters. The molecule has 6 nitrogen and oxygen atoms in total. The Morgan fingerprint density at radius 2 is 1.89 bits per heavy atom. The van der Waals surface area contributed by atoms with Gasteiger partial charge in [-0.3, -0.25) is 9.69 Å². The molecular formula is C21H22ClN3O3. The normalized spacial score (nSPS) is 17.2. The molecule has 2 aliphatic rings. The Balaban J connectivity index is 1.23. The van der Waals surface area contributed by atoms with Crippen molar-refractivity contribution in [3.63, 3.8) is 0 Å². The molecule has 1 fully saturated rings. The summed E-state index contributed by atoms with van der Waals surface area (Å²) < 4.78 is 10.6. The van der Waals surface area contributed by atoms with Crippen LogP contribution >= 0.6 is 11.6 Å². The van der Waals surface area contributed by atoms with Crippen LogP contribution in [0, 0.1) is 5.92 Å². The fourth-order valence-corrected chi connectivity index (χ4v) is 3.58. The van der Waals surface area contributed by atoms with Gasteiger partial charge < -0.3 is 9.47 Å². The number of carbonyl (C=O) groups is 1. The van der Waals surface area contributed by atoms with E-state index in [4.69, 9.17) is 21.1 Å². The van der Waals surface area contributed by atoms with Gasteiger partial charge in [-0.15, -0.1) is 0 Å². The molecule has 146 valence electrons. The van der Waals surface area contributed by atoms with Crippen molar-refractivity contribution in [2.24, 2.45) is 11.0 Å². The van der Waals surface area contributed by atoms with E-state index in [-0.39, 0.29) is 18.6 Å². The molecule has 0 aromatic heterocycles. The first-order valence-corrected chi connectivity index (χ1v) is 9.74. The van der Waals surface area contributed by atoms with Crippen LogP contribution in [-0.2, 0) is 11.3 Å². The quantitative estimate of drug-likeness (QED) is 0.618. The van der Waals surface area contributed by atoms with E-state index < -0.39 is 0 Å². The van der Waals surface area contributed by atoms with Crippen molar-refractivity contribution in [3.05, 3.63) is 58.6 Å². The summed E-state index contributed by atoms with van der Waals surface area (Å²) >= 11 is 5.93. The number of halogens is 1. The predicted molar refractivity (Wildman–Crippen MR) is 108 cm³/mol. The standard InChI is InChI=1S/C21H22ClN3O3/c22-18-4-1-15(2-5-18)13-25-9-7-17(8-10-25)21(26)24-23-12-16-3-6-19-20(11-16)28-14-27-19/h1-6,11-12,17H,7-10,13-14H2,(H,24,26)/b23-12-. The number of likely N-dealkylation sites (tertiary alicyclic amines) is 1. The lowest BCUT2D eigenvalue weighted by Crippen LogP contribution is -2.39. The highest BCUT2D eigenvalue weighted by Gasteiger charge is 2.24. The van der Waals surface area contributed by atoms with Crippen LogP contribution in [-0.4, -0.2) is 36.9 Å². The molecule has 1 N–H and O–H groups in total. The largest absolute Gasteiger partial charge is 0.454 e. The SMILES string of the molecule is O=C(N/N=C\c1ccc2c(c1)OCO2)C1CCN(Cc2ccc(Cl)cc2)CC1. The molecule has 1 amide bonds.